The Balaban J connectivity index is 2.76. The standard InChI is InChI=1S/C10H14FN3OS/c1-6(5-16-2)14-10(15)8-3-7(11)4-13-9(8)12/h3-4,6H,5H2,1-2H3,(H2,12,13)(H,14,15). The molecule has 1 unspecified atom stereocenters. The minimum atomic E-state index is -0.572. The number of hydrogen-bond donors (Lipinski definition) is 2. The van der Waals surface area contributed by atoms with E-state index in [4.69, 9.17) is 5.73 Å². The molecule has 0 radical (unpaired) electrons. The second kappa shape index (κ2) is 5.69. The molecule has 0 aliphatic carbocycles. The molecule has 3 N–H and O–H groups in total. The number of hydrogen-bond acceptors (Lipinski definition) is 4. The first kappa shape index (κ1) is 12.8. The highest BCUT2D eigenvalue weighted by molar-refractivity contribution is 7.98. The summed E-state index contributed by atoms with van der Waals surface area (Å²) in [4.78, 5) is 15.3. The summed E-state index contributed by atoms with van der Waals surface area (Å²) in [6.07, 6.45) is 2.93. The molecule has 0 aliphatic heterocycles. The Morgan fingerprint density at radius 3 is 3.06 bits per heavy atom. The molecule has 4 nitrogen and oxygen atoms in total. The number of aromatic nitrogens is 1. The Kier molecular flexibility index (Phi) is 4.54. The van der Waals surface area contributed by atoms with Crippen LogP contribution in [0.2, 0.25) is 0 Å². The molecule has 0 saturated heterocycles. The maximum absolute atomic E-state index is 12.9. The molecule has 1 amide bonds. The molecule has 1 aromatic heterocycles. The van der Waals surface area contributed by atoms with Gasteiger partial charge in [0.05, 0.1) is 11.8 Å². The van der Waals surface area contributed by atoms with Crippen LogP contribution in [-0.2, 0) is 0 Å². The van der Waals surface area contributed by atoms with E-state index < -0.39 is 11.7 Å². The number of pyridine rings is 1. The number of halogens is 1. The van der Waals surface area contributed by atoms with Crippen LogP contribution in [0.4, 0.5) is 10.2 Å². The Morgan fingerprint density at radius 1 is 1.75 bits per heavy atom. The summed E-state index contributed by atoms with van der Waals surface area (Å²) >= 11 is 1.62. The fourth-order valence-electron chi connectivity index (χ4n) is 1.22. The Morgan fingerprint density at radius 2 is 2.44 bits per heavy atom. The number of anilines is 1. The van der Waals surface area contributed by atoms with Gasteiger partial charge in [-0.3, -0.25) is 4.79 Å². The fourth-order valence-corrected chi connectivity index (χ4v) is 1.81. The lowest BCUT2D eigenvalue weighted by atomic mass is 10.2. The molecule has 16 heavy (non-hydrogen) atoms. The summed E-state index contributed by atoms with van der Waals surface area (Å²) in [5, 5.41) is 2.72. The molecule has 1 aromatic rings. The molecule has 0 bridgehead atoms. The van der Waals surface area contributed by atoms with Gasteiger partial charge in [-0.2, -0.15) is 11.8 Å². The molecule has 88 valence electrons. The van der Waals surface area contributed by atoms with E-state index in [1.807, 2.05) is 13.2 Å². The number of carbonyl (C=O) groups excluding carboxylic acids is 1. The molecular weight excluding hydrogens is 229 g/mol. The van der Waals surface area contributed by atoms with E-state index in [0.717, 1.165) is 18.0 Å². The van der Waals surface area contributed by atoms with Gasteiger partial charge < -0.3 is 11.1 Å². The number of rotatable bonds is 4. The van der Waals surface area contributed by atoms with E-state index in [9.17, 15) is 9.18 Å². The maximum atomic E-state index is 12.9. The number of amides is 1. The highest BCUT2D eigenvalue weighted by Gasteiger charge is 2.14. The van der Waals surface area contributed by atoms with E-state index in [1.54, 1.807) is 11.8 Å². The lowest BCUT2D eigenvalue weighted by Crippen LogP contribution is -2.34. The SMILES string of the molecule is CSCC(C)NC(=O)c1cc(F)cnc1N. The maximum Gasteiger partial charge on any atom is 0.255 e. The number of nitrogens with zero attached hydrogens (tertiary/aromatic N) is 1. The van der Waals surface area contributed by atoms with E-state index in [2.05, 4.69) is 10.3 Å². The molecule has 1 atom stereocenters. The quantitative estimate of drug-likeness (QED) is 0.836. The van der Waals surface area contributed by atoms with E-state index >= 15 is 0 Å². The zero-order valence-electron chi connectivity index (χ0n) is 9.16. The second-order valence-electron chi connectivity index (χ2n) is 3.42. The predicted octanol–water partition coefficient (Wildman–Crippen LogP) is 1.28. The normalized spacial score (nSPS) is 12.2. The lowest BCUT2D eigenvalue weighted by molar-refractivity contribution is 0.0944. The van der Waals surface area contributed by atoms with Crippen molar-refractivity contribution in [1.29, 1.82) is 0 Å². The molecule has 1 rings (SSSR count). The van der Waals surface area contributed by atoms with Crippen molar-refractivity contribution in [2.45, 2.75) is 13.0 Å². The van der Waals surface area contributed by atoms with Crippen molar-refractivity contribution in [2.24, 2.45) is 0 Å². The van der Waals surface area contributed by atoms with E-state index in [0.29, 0.717) is 0 Å². The number of nitrogen functional groups attached to an aromatic ring is 1. The van der Waals surface area contributed by atoms with Gasteiger partial charge in [-0.25, -0.2) is 9.37 Å². The zero-order chi connectivity index (χ0) is 12.1. The van der Waals surface area contributed by atoms with E-state index in [1.165, 1.54) is 0 Å². The first-order chi connectivity index (χ1) is 7.54. The fraction of sp³-hybridized carbons (Fsp3) is 0.400. The van der Waals surface area contributed by atoms with Crippen LogP contribution in [0.25, 0.3) is 0 Å². The van der Waals surface area contributed by atoms with Crippen LogP contribution in [0.15, 0.2) is 12.3 Å². The lowest BCUT2D eigenvalue weighted by Gasteiger charge is -2.13. The molecule has 0 spiro atoms. The van der Waals surface area contributed by atoms with Gasteiger partial charge in [-0.15, -0.1) is 0 Å². The first-order valence-electron chi connectivity index (χ1n) is 4.75. The van der Waals surface area contributed by atoms with Crippen LogP contribution < -0.4 is 11.1 Å². The zero-order valence-corrected chi connectivity index (χ0v) is 9.97. The van der Waals surface area contributed by atoms with Crippen molar-refractivity contribution in [3.05, 3.63) is 23.6 Å². The smallest absolute Gasteiger partial charge is 0.255 e. The van der Waals surface area contributed by atoms with Gasteiger partial charge in [0.1, 0.15) is 11.6 Å². The van der Waals surface area contributed by atoms with E-state index in [-0.39, 0.29) is 17.4 Å². The van der Waals surface area contributed by atoms with Crippen molar-refractivity contribution in [1.82, 2.24) is 10.3 Å². The second-order valence-corrected chi connectivity index (χ2v) is 4.33. The third kappa shape index (κ3) is 3.37. The molecule has 0 fully saturated rings. The van der Waals surface area contributed by atoms with Gasteiger partial charge in [0, 0.05) is 11.8 Å². The first-order valence-corrected chi connectivity index (χ1v) is 6.14. The van der Waals surface area contributed by atoms with Gasteiger partial charge in [0.15, 0.2) is 0 Å². The molecule has 1 heterocycles. The van der Waals surface area contributed by atoms with Crippen molar-refractivity contribution in [2.75, 3.05) is 17.7 Å². The van der Waals surface area contributed by atoms with Gasteiger partial charge >= 0.3 is 0 Å². The number of nitrogens with one attached hydrogen (secondary N) is 1. The van der Waals surface area contributed by atoms with Crippen LogP contribution >= 0.6 is 11.8 Å². The third-order valence-corrected chi connectivity index (χ3v) is 2.76. The summed E-state index contributed by atoms with van der Waals surface area (Å²) in [5.41, 5.74) is 5.57. The van der Waals surface area contributed by atoms with Gasteiger partial charge in [0.2, 0.25) is 0 Å². The molecule has 6 heteroatoms. The monoisotopic (exact) mass is 243 g/mol. The van der Waals surface area contributed by atoms with Gasteiger partial charge in [-0.05, 0) is 19.2 Å². The predicted molar refractivity (Wildman–Crippen MR) is 63.9 cm³/mol. The Labute approximate surface area is 97.8 Å². The highest BCUT2D eigenvalue weighted by atomic mass is 32.2. The summed E-state index contributed by atoms with van der Waals surface area (Å²) in [5.74, 6) is -0.146. The number of thioether (sulfide) groups is 1. The average Bonchev–Trinajstić information content (AvgIpc) is 2.21. The number of carbonyl (C=O) groups is 1. The molecule has 0 aliphatic rings. The minimum Gasteiger partial charge on any atom is -0.383 e. The molecule has 0 aromatic carbocycles. The summed E-state index contributed by atoms with van der Waals surface area (Å²) < 4.78 is 12.9. The Bertz CT molecular complexity index is 386. The van der Waals surface area contributed by atoms with Crippen molar-refractivity contribution in [3.63, 3.8) is 0 Å². The number of nitrogens with two attached hydrogens (primary N) is 1. The Hall–Kier alpha value is -1.30. The van der Waals surface area contributed by atoms with Crippen LogP contribution in [0.3, 0.4) is 0 Å². The summed E-state index contributed by atoms with van der Waals surface area (Å²) in [7, 11) is 0. The van der Waals surface area contributed by atoms with Crippen LogP contribution in [0, 0.1) is 5.82 Å². The largest absolute Gasteiger partial charge is 0.383 e. The summed E-state index contributed by atoms with van der Waals surface area (Å²) in [6.45, 7) is 1.87. The summed E-state index contributed by atoms with van der Waals surface area (Å²) in [6, 6.07) is 1.09. The topological polar surface area (TPSA) is 68.0 Å². The third-order valence-electron chi connectivity index (χ3n) is 1.92. The van der Waals surface area contributed by atoms with Crippen LogP contribution in [0.5, 0.6) is 0 Å². The molecule has 0 saturated carbocycles. The van der Waals surface area contributed by atoms with Crippen LogP contribution in [-0.4, -0.2) is 28.9 Å². The highest BCUT2D eigenvalue weighted by Crippen LogP contribution is 2.10. The average molecular weight is 243 g/mol. The van der Waals surface area contributed by atoms with Gasteiger partial charge in [-0.1, -0.05) is 0 Å². The van der Waals surface area contributed by atoms with Crippen molar-refractivity contribution in [3.8, 4) is 0 Å². The van der Waals surface area contributed by atoms with Crippen LogP contribution in [0.1, 0.15) is 17.3 Å². The van der Waals surface area contributed by atoms with Crippen molar-refractivity contribution >= 4 is 23.5 Å². The van der Waals surface area contributed by atoms with Gasteiger partial charge in [0.25, 0.3) is 5.91 Å². The molecular formula is C10H14FN3OS. The minimum absolute atomic E-state index is 0.00478. The van der Waals surface area contributed by atoms with Crippen molar-refractivity contribution < 1.29 is 9.18 Å².